The first-order chi connectivity index (χ1) is 6.93. The van der Waals surface area contributed by atoms with Crippen LogP contribution in [0.2, 0.25) is 0 Å². The highest BCUT2D eigenvalue weighted by Gasteiger charge is 2.29. The highest BCUT2D eigenvalue weighted by molar-refractivity contribution is 5.75. The Morgan fingerprint density at radius 1 is 1.20 bits per heavy atom. The smallest absolute Gasteiger partial charge is 0.219 e. The molecule has 0 bridgehead atoms. The molecule has 0 radical (unpaired) electrons. The first kappa shape index (κ1) is 12.5. The van der Waals surface area contributed by atoms with E-state index in [4.69, 9.17) is 0 Å². The molecule has 1 aliphatic carbocycles. The van der Waals surface area contributed by atoms with Crippen LogP contribution in [0.15, 0.2) is 0 Å². The Kier molecular flexibility index (Phi) is 4.18. The third kappa shape index (κ3) is 3.84. The number of amides is 1. The molecule has 1 saturated carbocycles. The quantitative estimate of drug-likeness (QED) is 0.747. The van der Waals surface area contributed by atoms with Crippen LogP contribution in [0.4, 0.5) is 0 Å². The maximum Gasteiger partial charge on any atom is 0.219 e. The van der Waals surface area contributed by atoms with Crippen molar-refractivity contribution in [1.82, 2.24) is 5.32 Å². The lowest BCUT2D eigenvalue weighted by Gasteiger charge is -2.37. The maximum atomic E-state index is 11.2. The molecule has 0 spiro atoms. The summed E-state index contributed by atoms with van der Waals surface area (Å²) in [6, 6.07) is 0.441. The van der Waals surface area contributed by atoms with Crippen LogP contribution in [0.5, 0.6) is 0 Å². The number of carbonyl (C=O) groups excluding carboxylic acids is 1. The van der Waals surface area contributed by atoms with E-state index in [9.17, 15) is 4.79 Å². The summed E-state index contributed by atoms with van der Waals surface area (Å²) in [4.78, 5) is 11.2. The number of hydrogen-bond donors (Lipinski definition) is 1. The van der Waals surface area contributed by atoms with Crippen LogP contribution in [0, 0.1) is 11.3 Å². The van der Waals surface area contributed by atoms with Gasteiger partial charge in [0.25, 0.3) is 0 Å². The molecule has 0 heterocycles. The molecule has 1 amide bonds. The highest BCUT2D eigenvalue weighted by atomic mass is 16.1. The number of hydrogen-bond acceptors (Lipinski definition) is 1. The molecule has 0 saturated heterocycles. The van der Waals surface area contributed by atoms with Gasteiger partial charge in [-0.2, -0.15) is 0 Å². The Bertz CT molecular complexity index is 209. The predicted octanol–water partition coefficient (Wildman–Crippen LogP) is 3.12. The summed E-state index contributed by atoms with van der Waals surface area (Å²) in [5.74, 6) is 1.03. The standard InChI is InChI=1S/C13H25NO/c1-5-12(15)14-11-8-6-10(7-9-11)13(2,3)4/h10-11H,5-9H2,1-4H3,(H,14,15). The first-order valence-electron chi connectivity index (χ1n) is 6.23. The van der Waals surface area contributed by atoms with E-state index in [1.807, 2.05) is 6.92 Å². The summed E-state index contributed by atoms with van der Waals surface area (Å²) in [6.45, 7) is 8.88. The van der Waals surface area contributed by atoms with Crippen molar-refractivity contribution in [3.63, 3.8) is 0 Å². The van der Waals surface area contributed by atoms with Crippen LogP contribution in [0.25, 0.3) is 0 Å². The third-order valence-corrected chi connectivity index (χ3v) is 3.64. The lowest BCUT2D eigenvalue weighted by atomic mass is 9.71. The molecular weight excluding hydrogens is 186 g/mol. The summed E-state index contributed by atoms with van der Waals surface area (Å²) in [5, 5.41) is 3.10. The molecule has 2 nitrogen and oxygen atoms in total. The maximum absolute atomic E-state index is 11.2. The van der Waals surface area contributed by atoms with Gasteiger partial charge < -0.3 is 5.32 Å². The van der Waals surface area contributed by atoms with Crippen molar-refractivity contribution in [2.24, 2.45) is 11.3 Å². The topological polar surface area (TPSA) is 29.1 Å². The van der Waals surface area contributed by atoms with E-state index in [1.54, 1.807) is 0 Å². The van der Waals surface area contributed by atoms with Gasteiger partial charge in [-0.05, 0) is 37.0 Å². The Labute approximate surface area is 93.8 Å². The van der Waals surface area contributed by atoms with Gasteiger partial charge in [-0.3, -0.25) is 4.79 Å². The molecule has 0 unspecified atom stereocenters. The van der Waals surface area contributed by atoms with Crippen LogP contribution in [0.3, 0.4) is 0 Å². The lowest BCUT2D eigenvalue weighted by molar-refractivity contribution is -0.121. The summed E-state index contributed by atoms with van der Waals surface area (Å²) in [7, 11) is 0. The van der Waals surface area contributed by atoms with Crippen molar-refractivity contribution in [2.45, 2.75) is 65.8 Å². The molecule has 0 aromatic carbocycles. The minimum Gasteiger partial charge on any atom is -0.353 e. The molecule has 0 aromatic heterocycles. The predicted molar refractivity (Wildman–Crippen MR) is 63.6 cm³/mol. The molecule has 1 N–H and O–H groups in total. The molecule has 1 fully saturated rings. The zero-order valence-electron chi connectivity index (χ0n) is 10.6. The Balaban J connectivity index is 2.33. The van der Waals surface area contributed by atoms with Crippen molar-refractivity contribution >= 4 is 5.91 Å². The summed E-state index contributed by atoms with van der Waals surface area (Å²) >= 11 is 0. The SMILES string of the molecule is CCC(=O)NC1CCC(C(C)(C)C)CC1. The van der Waals surface area contributed by atoms with Crippen LogP contribution in [-0.2, 0) is 4.79 Å². The highest BCUT2D eigenvalue weighted by Crippen LogP contribution is 2.37. The Morgan fingerprint density at radius 3 is 2.13 bits per heavy atom. The summed E-state index contributed by atoms with van der Waals surface area (Å²) in [6.07, 6.45) is 5.46. The van der Waals surface area contributed by atoms with E-state index in [0.29, 0.717) is 17.9 Å². The van der Waals surface area contributed by atoms with Crippen molar-refractivity contribution in [3.05, 3.63) is 0 Å². The second-order valence-corrected chi connectivity index (χ2v) is 5.84. The fourth-order valence-corrected chi connectivity index (χ4v) is 2.43. The van der Waals surface area contributed by atoms with Gasteiger partial charge >= 0.3 is 0 Å². The van der Waals surface area contributed by atoms with E-state index in [2.05, 4.69) is 26.1 Å². The largest absolute Gasteiger partial charge is 0.353 e. The fourth-order valence-electron chi connectivity index (χ4n) is 2.43. The van der Waals surface area contributed by atoms with Crippen LogP contribution in [0.1, 0.15) is 59.8 Å². The van der Waals surface area contributed by atoms with E-state index < -0.39 is 0 Å². The van der Waals surface area contributed by atoms with Gasteiger partial charge in [-0.15, -0.1) is 0 Å². The van der Waals surface area contributed by atoms with Crippen LogP contribution >= 0.6 is 0 Å². The molecule has 1 rings (SSSR count). The van der Waals surface area contributed by atoms with Gasteiger partial charge in [0.1, 0.15) is 0 Å². The molecule has 0 aliphatic heterocycles. The third-order valence-electron chi connectivity index (χ3n) is 3.64. The van der Waals surface area contributed by atoms with E-state index in [-0.39, 0.29) is 5.91 Å². The zero-order valence-corrected chi connectivity index (χ0v) is 10.6. The fraction of sp³-hybridized carbons (Fsp3) is 0.923. The monoisotopic (exact) mass is 211 g/mol. The van der Waals surface area contributed by atoms with Gasteiger partial charge in [-0.25, -0.2) is 0 Å². The minimum atomic E-state index is 0.203. The normalized spacial score (nSPS) is 27.5. The van der Waals surface area contributed by atoms with Crippen LogP contribution in [-0.4, -0.2) is 11.9 Å². The molecule has 1 aliphatic rings. The number of carbonyl (C=O) groups is 1. The van der Waals surface area contributed by atoms with E-state index in [1.165, 1.54) is 12.8 Å². The Hall–Kier alpha value is -0.530. The average molecular weight is 211 g/mol. The van der Waals surface area contributed by atoms with Gasteiger partial charge in [0.15, 0.2) is 0 Å². The van der Waals surface area contributed by atoms with Gasteiger partial charge in [-0.1, -0.05) is 27.7 Å². The van der Waals surface area contributed by atoms with E-state index in [0.717, 1.165) is 18.8 Å². The molecule has 0 aromatic rings. The second-order valence-electron chi connectivity index (χ2n) is 5.84. The summed E-state index contributed by atoms with van der Waals surface area (Å²) < 4.78 is 0. The van der Waals surface area contributed by atoms with E-state index >= 15 is 0 Å². The van der Waals surface area contributed by atoms with Crippen molar-refractivity contribution in [3.8, 4) is 0 Å². The van der Waals surface area contributed by atoms with Gasteiger partial charge in [0.2, 0.25) is 5.91 Å². The lowest BCUT2D eigenvalue weighted by Crippen LogP contribution is -2.39. The van der Waals surface area contributed by atoms with Crippen LogP contribution < -0.4 is 5.32 Å². The second kappa shape index (κ2) is 5.00. The van der Waals surface area contributed by atoms with Gasteiger partial charge in [0, 0.05) is 12.5 Å². The number of rotatable bonds is 2. The molecular formula is C13H25NO. The molecule has 88 valence electrons. The van der Waals surface area contributed by atoms with Crippen molar-refractivity contribution < 1.29 is 4.79 Å². The zero-order chi connectivity index (χ0) is 11.5. The van der Waals surface area contributed by atoms with Crippen molar-refractivity contribution in [1.29, 1.82) is 0 Å². The van der Waals surface area contributed by atoms with Gasteiger partial charge in [0.05, 0.1) is 0 Å². The average Bonchev–Trinajstić information content (AvgIpc) is 2.17. The minimum absolute atomic E-state index is 0.203. The molecule has 15 heavy (non-hydrogen) atoms. The van der Waals surface area contributed by atoms with Crippen molar-refractivity contribution in [2.75, 3.05) is 0 Å². The molecule has 2 heteroatoms. The molecule has 0 atom stereocenters. The summed E-state index contributed by atoms with van der Waals surface area (Å²) in [5.41, 5.74) is 0.430. The Morgan fingerprint density at radius 2 is 1.73 bits per heavy atom. The first-order valence-corrected chi connectivity index (χ1v) is 6.23. The number of nitrogens with one attached hydrogen (secondary N) is 1.